The van der Waals surface area contributed by atoms with Gasteiger partial charge in [-0.15, -0.1) is 0 Å². The molecule has 1 aromatic carbocycles. The summed E-state index contributed by atoms with van der Waals surface area (Å²) in [7, 11) is 0. The highest BCUT2D eigenvalue weighted by Gasteiger charge is 2.42. The van der Waals surface area contributed by atoms with Gasteiger partial charge in [0.05, 0.1) is 0 Å². The minimum absolute atomic E-state index is 0.192. The van der Waals surface area contributed by atoms with Crippen LogP contribution < -0.4 is 10.6 Å². The number of aliphatic hydroxyl groups is 1. The zero-order valence-electron chi connectivity index (χ0n) is 19.3. The Morgan fingerprint density at radius 3 is 2.42 bits per heavy atom. The summed E-state index contributed by atoms with van der Waals surface area (Å²) >= 11 is 0. The van der Waals surface area contributed by atoms with Crippen LogP contribution in [0.3, 0.4) is 0 Å². The molecule has 0 heterocycles. The number of rotatable bonds is 8. The molecule has 1 aromatic rings. The van der Waals surface area contributed by atoms with Gasteiger partial charge in [0.15, 0.2) is 0 Å². The Balaban J connectivity index is 1.57. The van der Waals surface area contributed by atoms with Crippen LogP contribution in [0, 0.1) is 11.8 Å². The summed E-state index contributed by atoms with van der Waals surface area (Å²) in [6, 6.07) is 9.81. The van der Waals surface area contributed by atoms with E-state index in [0.29, 0.717) is 18.8 Å². The highest BCUT2D eigenvalue weighted by Crippen LogP contribution is 2.44. The molecular formula is C25H38N2O4. The second-order valence-electron chi connectivity index (χ2n) is 10.6. The van der Waals surface area contributed by atoms with Crippen LogP contribution in [0.25, 0.3) is 0 Å². The number of carbonyl (C=O) groups is 2. The highest BCUT2D eigenvalue weighted by atomic mass is 16.6. The molecule has 2 amide bonds. The first-order valence-electron chi connectivity index (χ1n) is 11.6. The number of alkyl carbamates (subject to hydrolysis) is 1. The topological polar surface area (TPSA) is 87.7 Å². The molecular weight excluding hydrogens is 392 g/mol. The van der Waals surface area contributed by atoms with E-state index in [1.54, 1.807) is 6.92 Å². The fourth-order valence-corrected chi connectivity index (χ4v) is 4.91. The van der Waals surface area contributed by atoms with E-state index in [2.05, 4.69) is 10.6 Å². The third-order valence-corrected chi connectivity index (χ3v) is 6.57. The molecule has 2 unspecified atom stereocenters. The Labute approximate surface area is 186 Å². The van der Waals surface area contributed by atoms with Crippen molar-refractivity contribution in [1.29, 1.82) is 0 Å². The van der Waals surface area contributed by atoms with Crippen LogP contribution in [0.2, 0.25) is 0 Å². The van der Waals surface area contributed by atoms with Crippen molar-refractivity contribution in [3.05, 3.63) is 35.9 Å². The molecule has 0 aromatic heterocycles. The van der Waals surface area contributed by atoms with E-state index in [1.165, 1.54) is 19.3 Å². The predicted octanol–water partition coefficient (Wildman–Crippen LogP) is 3.96. The fourth-order valence-electron chi connectivity index (χ4n) is 4.91. The standard InChI is InChI=1S/C25H38N2O4/c1-24(2,3)31-23(29)26-20(15-17-8-6-5-7-9-17)12-13-25(4,30)22(28)27-21-16-18-10-11-19(21)14-18/h5-9,18-21,30H,10-16H2,1-4H3,(H,26,29)(H,27,28)/t18-,19?,20-,21?,25+/m0/s1. The Kier molecular flexibility index (Phi) is 7.30. The molecule has 3 N–H and O–H groups in total. The first-order valence-corrected chi connectivity index (χ1v) is 11.6. The molecule has 0 saturated heterocycles. The lowest BCUT2D eigenvalue weighted by Crippen LogP contribution is -2.50. The van der Waals surface area contributed by atoms with Crippen molar-refractivity contribution in [2.24, 2.45) is 11.8 Å². The number of benzene rings is 1. The number of amides is 2. The summed E-state index contributed by atoms with van der Waals surface area (Å²) in [4.78, 5) is 25.2. The second kappa shape index (κ2) is 9.60. The second-order valence-corrected chi connectivity index (χ2v) is 10.6. The van der Waals surface area contributed by atoms with Crippen molar-refractivity contribution in [2.45, 2.75) is 95.9 Å². The molecule has 2 bridgehead atoms. The predicted molar refractivity (Wildman–Crippen MR) is 121 cm³/mol. The molecule has 0 radical (unpaired) electrons. The number of hydrogen-bond donors (Lipinski definition) is 3. The van der Waals surface area contributed by atoms with Crippen molar-refractivity contribution in [3.63, 3.8) is 0 Å². The summed E-state index contributed by atoms with van der Waals surface area (Å²) in [5, 5.41) is 16.9. The molecule has 3 rings (SSSR count). The summed E-state index contributed by atoms with van der Waals surface area (Å²) in [6.45, 7) is 7.04. The van der Waals surface area contributed by atoms with E-state index < -0.39 is 17.3 Å². The first-order chi connectivity index (χ1) is 14.5. The van der Waals surface area contributed by atoms with Gasteiger partial charge in [-0.2, -0.15) is 0 Å². The molecule has 6 heteroatoms. The molecule has 6 nitrogen and oxygen atoms in total. The maximum atomic E-state index is 12.8. The lowest BCUT2D eigenvalue weighted by molar-refractivity contribution is -0.140. The number of hydrogen-bond acceptors (Lipinski definition) is 4. The van der Waals surface area contributed by atoms with Gasteiger partial charge in [0.1, 0.15) is 11.2 Å². The molecule has 2 fully saturated rings. The average Bonchev–Trinajstić information content (AvgIpc) is 3.28. The molecule has 31 heavy (non-hydrogen) atoms. The monoisotopic (exact) mass is 430 g/mol. The minimum Gasteiger partial charge on any atom is -0.444 e. The SMILES string of the molecule is CC(C)(C)OC(=O)N[C@@H](CC[C@@](C)(O)C(=O)NC1C[C@H]2CCC1C2)Cc1ccccc1. The van der Waals surface area contributed by atoms with Crippen LogP contribution in [0.15, 0.2) is 30.3 Å². The quantitative estimate of drug-likeness (QED) is 0.583. The highest BCUT2D eigenvalue weighted by molar-refractivity contribution is 5.84. The van der Waals surface area contributed by atoms with Gasteiger partial charge >= 0.3 is 6.09 Å². The summed E-state index contributed by atoms with van der Waals surface area (Å²) < 4.78 is 5.41. The Hall–Kier alpha value is -2.08. The average molecular weight is 431 g/mol. The Morgan fingerprint density at radius 1 is 1.13 bits per heavy atom. The molecule has 5 atom stereocenters. The normalized spacial score (nSPS) is 25.5. The number of carbonyl (C=O) groups excluding carboxylic acids is 2. The van der Waals surface area contributed by atoms with E-state index in [0.717, 1.165) is 17.9 Å². The van der Waals surface area contributed by atoms with Crippen LogP contribution in [0.1, 0.15) is 71.8 Å². The van der Waals surface area contributed by atoms with E-state index in [1.807, 2.05) is 51.1 Å². The van der Waals surface area contributed by atoms with Gasteiger partial charge in [-0.25, -0.2) is 4.79 Å². The van der Waals surface area contributed by atoms with Crippen molar-refractivity contribution in [1.82, 2.24) is 10.6 Å². The Morgan fingerprint density at radius 2 is 1.84 bits per heavy atom. The van der Waals surface area contributed by atoms with Crippen molar-refractivity contribution >= 4 is 12.0 Å². The fraction of sp³-hybridized carbons (Fsp3) is 0.680. The zero-order valence-corrected chi connectivity index (χ0v) is 19.3. The molecule has 2 aliphatic carbocycles. The van der Waals surface area contributed by atoms with E-state index >= 15 is 0 Å². The molecule has 2 aliphatic rings. The van der Waals surface area contributed by atoms with E-state index in [9.17, 15) is 14.7 Å². The summed E-state index contributed by atoms with van der Waals surface area (Å²) in [5.74, 6) is 0.985. The summed E-state index contributed by atoms with van der Waals surface area (Å²) in [5.41, 5.74) is -0.991. The van der Waals surface area contributed by atoms with E-state index in [-0.39, 0.29) is 24.4 Å². The van der Waals surface area contributed by atoms with Crippen molar-refractivity contribution < 1.29 is 19.4 Å². The lowest BCUT2D eigenvalue weighted by atomic mass is 9.91. The van der Waals surface area contributed by atoms with Crippen LogP contribution in [0.5, 0.6) is 0 Å². The largest absolute Gasteiger partial charge is 0.444 e. The Bertz CT molecular complexity index is 757. The number of ether oxygens (including phenoxy) is 1. The molecule has 0 spiro atoms. The van der Waals surface area contributed by atoms with E-state index in [4.69, 9.17) is 4.74 Å². The maximum Gasteiger partial charge on any atom is 0.407 e. The van der Waals surface area contributed by atoms with Gasteiger partial charge in [0.25, 0.3) is 5.91 Å². The molecule has 2 saturated carbocycles. The van der Waals surface area contributed by atoms with Crippen molar-refractivity contribution in [2.75, 3.05) is 0 Å². The smallest absolute Gasteiger partial charge is 0.407 e. The third-order valence-electron chi connectivity index (χ3n) is 6.57. The third kappa shape index (κ3) is 6.96. The van der Waals surface area contributed by atoms with Gasteiger partial charge in [-0.1, -0.05) is 36.8 Å². The van der Waals surface area contributed by atoms with Crippen LogP contribution in [0.4, 0.5) is 4.79 Å². The number of fused-ring (bicyclic) bond motifs is 2. The summed E-state index contributed by atoms with van der Waals surface area (Å²) in [6.07, 6.45) is 5.51. The van der Waals surface area contributed by atoms with Gasteiger partial charge in [-0.05, 0) is 83.6 Å². The molecule has 0 aliphatic heterocycles. The van der Waals surface area contributed by atoms with Crippen molar-refractivity contribution in [3.8, 4) is 0 Å². The minimum atomic E-state index is -1.48. The zero-order chi connectivity index (χ0) is 22.6. The van der Waals surface area contributed by atoms with Gasteiger partial charge in [-0.3, -0.25) is 4.79 Å². The van der Waals surface area contributed by atoms with Crippen LogP contribution >= 0.6 is 0 Å². The van der Waals surface area contributed by atoms with Crippen LogP contribution in [-0.4, -0.2) is 40.4 Å². The number of nitrogens with one attached hydrogen (secondary N) is 2. The van der Waals surface area contributed by atoms with Gasteiger partial charge in [0, 0.05) is 12.1 Å². The maximum absolute atomic E-state index is 12.8. The first kappa shape index (κ1) is 23.6. The van der Waals surface area contributed by atoms with Gasteiger partial charge < -0.3 is 20.5 Å². The van der Waals surface area contributed by atoms with Crippen LogP contribution in [-0.2, 0) is 16.0 Å². The lowest BCUT2D eigenvalue weighted by Gasteiger charge is -2.30. The molecule has 172 valence electrons. The van der Waals surface area contributed by atoms with Gasteiger partial charge in [0.2, 0.25) is 0 Å².